The minimum absolute atomic E-state index is 0. The van der Waals surface area contributed by atoms with E-state index < -0.39 is 0 Å². The Bertz CT molecular complexity index is 318. The van der Waals surface area contributed by atoms with Crippen LogP contribution in [0.15, 0.2) is 24.3 Å². The number of benzene rings is 1. The van der Waals surface area contributed by atoms with Crippen LogP contribution < -0.4 is 11.1 Å². The van der Waals surface area contributed by atoms with Gasteiger partial charge in [-0.1, -0.05) is 23.7 Å². The second-order valence-electron chi connectivity index (χ2n) is 2.95. The lowest BCUT2D eigenvalue weighted by molar-refractivity contribution is -0.121. The molecule has 0 heterocycles. The van der Waals surface area contributed by atoms with Gasteiger partial charge in [-0.15, -0.1) is 12.4 Å². The first kappa shape index (κ1) is 14.2. The molecule has 3 N–H and O–H groups in total. The van der Waals surface area contributed by atoms with E-state index in [2.05, 4.69) is 5.32 Å². The molecule has 1 aromatic rings. The summed E-state index contributed by atoms with van der Waals surface area (Å²) in [5.74, 6) is -0.0347. The summed E-state index contributed by atoms with van der Waals surface area (Å²) in [6, 6.07) is 7.39. The third kappa shape index (κ3) is 5.62. The molecular weight excluding hydrogens is 235 g/mol. The molecule has 3 nitrogen and oxygen atoms in total. The van der Waals surface area contributed by atoms with Crippen molar-refractivity contribution in [2.75, 3.05) is 6.54 Å². The first-order valence-electron chi connectivity index (χ1n) is 4.43. The lowest BCUT2D eigenvalue weighted by Gasteiger charge is -2.04. The standard InChI is InChI=1S/C10H13ClN2O.ClH/c11-9-3-1-2-8(6-9)7-13-10(14)4-5-12;/h1-3,6H,4-5,7,12H2,(H,13,14);1H. The number of rotatable bonds is 4. The largest absolute Gasteiger partial charge is 0.352 e. The Balaban J connectivity index is 0.00000196. The van der Waals surface area contributed by atoms with Crippen LogP contribution in [-0.2, 0) is 11.3 Å². The Morgan fingerprint density at radius 3 is 2.80 bits per heavy atom. The van der Waals surface area contributed by atoms with E-state index in [1.165, 1.54) is 0 Å². The maximum Gasteiger partial charge on any atom is 0.221 e. The number of carbonyl (C=O) groups excluding carboxylic acids is 1. The monoisotopic (exact) mass is 248 g/mol. The molecule has 0 aromatic heterocycles. The maximum absolute atomic E-state index is 11.1. The molecular formula is C10H14Cl2N2O. The first-order valence-corrected chi connectivity index (χ1v) is 4.81. The van der Waals surface area contributed by atoms with Gasteiger partial charge in [0.2, 0.25) is 5.91 Å². The average molecular weight is 249 g/mol. The summed E-state index contributed by atoms with van der Waals surface area (Å²) < 4.78 is 0. The molecule has 0 unspecified atom stereocenters. The third-order valence-corrected chi connectivity index (χ3v) is 1.99. The Hall–Kier alpha value is -0.770. The minimum atomic E-state index is -0.0347. The van der Waals surface area contributed by atoms with Crippen molar-refractivity contribution in [3.05, 3.63) is 34.9 Å². The highest BCUT2D eigenvalue weighted by Crippen LogP contribution is 2.10. The summed E-state index contributed by atoms with van der Waals surface area (Å²) in [6.45, 7) is 0.876. The van der Waals surface area contributed by atoms with E-state index in [9.17, 15) is 4.79 Å². The zero-order valence-electron chi connectivity index (χ0n) is 8.20. The van der Waals surface area contributed by atoms with Crippen molar-refractivity contribution < 1.29 is 4.79 Å². The van der Waals surface area contributed by atoms with Gasteiger partial charge in [-0.05, 0) is 17.7 Å². The Labute approximate surface area is 100 Å². The van der Waals surface area contributed by atoms with Crippen LogP contribution in [0.5, 0.6) is 0 Å². The lowest BCUT2D eigenvalue weighted by atomic mass is 10.2. The van der Waals surface area contributed by atoms with Crippen LogP contribution in [0.25, 0.3) is 0 Å². The van der Waals surface area contributed by atoms with Crippen molar-refractivity contribution in [2.45, 2.75) is 13.0 Å². The van der Waals surface area contributed by atoms with Crippen LogP contribution in [0.3, 0.4) is 0 Å². The predicted octanol–water partition coefficient (Wildman–Crippen LogP) is 1.73. The molecule has 5 heteroatoms. The van der Waals surface area contributed by atoms with Gasteiger partial charge in [-0.3, -0.25) is 4.79 Å². The van der Waals surface area contributed by atoms with E-state index in [1.54, 1.807) is 6.07 Å². The number of hydrogen-bond donors (Lipinski definition) is 2. The molecule has 0 aliphatic heterocycles. The fourth-order valence-corrected chi connectivity index (χ4v) is 1.28. The van der Waals surface area contributed by atoms with Gasteiger partial charge in [0, 0.05) is 24.5 Å². The molecule has 0 radical (unpaired) electrons. The van der Waals surface area contributed by atoms with Crippen molar-refractivity contribution in [1.82, 2.24) is 5.32 Å². The van der Waals surface area contributed by atoms with E-state index >= 15 is 0 Å². The predicted molar refractivity (Wildman–Crippen MR) is 64.2 cm³/mol. The highest BCUT2D eigenvalue weighted by molar-refractivity contribution is 6.30. The van der Waals surface area contributed by atoms with Crippen molar-refractivity contribution in [3.8, 4) is 0 Å². The van der Waals surface area contributed by atoms with Gasteiger partial charge in [0.05, 0.1) is 0 Å². The van der Waals surface area contributed by atoms with Crippen molar-refractivity contribution >= 4 is 29.9 Å². The van der Waals surface area contributed by atoms with Crippen LogP contribution in [0.4, 0.5) is 0 Å². The van der Waals surface area contributed by atoms with Crippen molar-refractivity contribution in [2.24, 2.45) is 5.73 Å². The smallest absolute Gasteiger partial charge is 0.221 e. The molecule has 0 fully saturated rings. The van der Waals surface area contributed by atoms with Crippen molar-refractivity contribution in [3.63, 3.8) is 0 Å². The molecule has 0 saturated heterocycles. The molecule has 0 aliphatic carbocycles. The van der Waals surface area contributed by atoms with Gasteiger partial charge < -0.3 is 11.1 Å². The van der Waals surface area contributed by atoms with Gasteiger partial charge in [0.15, 0.2) is 0 Å². The van der Waals surface area contributed by atoms with E-state index in [4.69, 9.17) is 17.3 Å². The van der Waals surface area contributed by atoms with E-state index in [1.807, 2.05) is 18.2 Å². The first-order chi connectivity index (χ1) is 6.72. The van der Waals surface area contributed by atoms with E-state index in [-0.39, 0.29) is 18.3 Å². The normalized spacial score (nSPS) is 9.20. The summed E-state index contributed by atoms with van der Waals surface area (Å²) >= 11 is 5.79. The van der Waals surface area contributed by atoms with Gasteiger partial charge >= 0.3 is 0 Å². The molecule has 0 atom stereocenters. The zero-order valence-corrected chi connectivity index (χ0v) is 9.77. The number of amides is 1. The summed E-state index contributed by atoms with van der Waals surface area (Å²) in [7, 11) is 0. The molecule has 0 saturated carbocycles. The minimum Gasteiger partial charge on any atom is -0.352 e. The second kappa shape index (κ2) is 7.51. The summed E-state index contributed by atoms with van der Waals surface area (Å²) in [6.07, 6.45) is 0.362. The van der Waals surface area contributed by atoms with E-state index in [0.29, 0.717) is 24.5 Å². The molecule has 0 bridgehead atoms. The summed E-state index contributed by atoms with van der Waals surface area (Å²) in [5, 5.41) is 3.43. The fraction of sp³-hybridized carbons (Fsp3) is 0.300. The highest BCUT2D eigenvalue weighted by Gasteiger charge is 1.99. The van der Waals surface area contributed by atoms with Crippen molar-refractivity contribution in [1.29, 1.82) is 0 Å². The van der Waals surface area contributed by atoms with Gasteiger partial charge in [-0.2, -0.15) is 0 Å². The number of carbonyl (C=O) groups is 1. The molecule has 84 valence electrons. The van der Waals surface area contributed by atoms with Gasteiger partial charge in [0.25, 0.3) is 0 Å². The molecule has 1 rings (SSSR count). The second-order valence-corrected chi connectivity index (χ2v) is 3.38. The quantitative estimate of drug-likeness (QED) is 0.853. The number of hydrogen-bond acceptors (Lipinski definition) is 2. The zero-order chi connectivity index (χ0) is 10.4. The number of nitrogens with two attached hydrogens (primary N) is 1. The Kier molecular flexibility index (Phi) is 7.13. The van der Waals surface area contributed by atoms with E-state index in [0.717, 1.165) is 5.56 Å². The number of nitrogens with one attached hydrogen (secondary N) is 1. The third-order valence-electron chi connectivity index (χ3n) is 1.75. The summed E-state index contributed by atoms with van der Waals surface area (Å²) in [4.78, 5) is 11.1. The highest BCUT2D eigenvalue weighted by atomic mass is 35.5. The molecule has 15 heavy (non-hydrogen) atoms. The van der Waals surface area contributed by atoms with Gasteiger partial charge in [0.1, 0.15) is 0 Å². The molecule has 1 amide bonds. The average Bonchev–Trinajstić information content (AvgIpc) is 2.15. The van der Waals surface area contributed by atoms with Crippen LogP contribution in [0.2, 0.25) is 5.02 Å². The number of halogens is 2. The summed E-state index contributed by atoms with van der Waals surface area (Å²) in [5.41, 5.74) is 6.23. The lowest BCUT2D eigenvalue weighted by Crippen LogP contribution is -2.24. The SMILES string of the molecule is Cl.NCCC(=O)NCc1cccc(Cl)c1. The molecule has 0 aliphatic rings. The Morgan fingerprint density at radius 2 is 2.20 bits per heavy atom. The van der Waals surface area contributed by atoms with Crippen LogP contribution in [0.1, 0.15) is 12.0 Å². The Morgan fingerprint density at radius 1 is 1.47 bits per heavy atom. The molecule has 1 aromatic carbocycles. The van der Waals surface area contributed by atoms with Crippen LogP contribution in [-0.4, -0.2) is 12.5 Å². The van der Waals surface area contributed by atoms with Crippen LogP contribution >= 0.6 is 24.0 Å². The van der Waals surface area contributed by atoms with Gasteiger partial charge in [-0.25, -0.2) is 0 Å². The molecule has 0 spiro atoms. The topological polar surface area (TPSA) is 55.1 Å². The fourth-order valence-electron chi connectivity index (χ4n) is 1.07. The maximum atomic E-state index is 11.1. The van der Waals surface area contributed by atoms with Crippen LogP contribution in [0, 0.1) is 0 Å².